The minimum Gasteiger partial charge on any atom is -0.387 e. The predicted octanol–water partition coefficient (Wildman–Crippen LogP) is 4.88. The first-order valence-corrected chi connectivity index (χ1v) is 8.29. The maximum Gasteiger partial charge on any atom is 0.137 e. The summed E-state index contributed by atoms with van der Waals surface area (Å²) in [6.07, 6.45) is 0.144. The van der Waals surface area contributed by atoms with Crippen molar-refractivity contribution >= 4 is 5.65 Å². The van der Waals surface area contributed by atoms with Crippen LogP contribution in [0.25, 0.3) is 16.9 Å². The van der Waals surface area contributed by atoms with Crippen molar-refractivity contribution in [1.29, 1.82) is 0 Å². The molecule has 0 aliphatic carbocycles. The molecular weight excluding hydrogens is 284 g/mol. The number of aliphatic hydroxyl groups is 1. The van der Waals surface area contributed by atoms with Crippen molar-refractivity contribution in [3.8, 4) is 11.3 Å². The zero-order chi connectivity index (χ0) is 16.6. The Kier molecular flexibility index (Phi) is 4.22. The Bertz CT molecular complexity index is 816. The lowest BCUT2D eigenvalue weighted by Gasteiger charge is -2.13. The average Bonchev–Trinajstić information content (AvgIpc) is 2.95. The number of imidazole rings is 1. The first-order chi connectivity index (χ1) is 11.0. The minimum absolute atomic E-state index is 0.507. The maximum absolute atomic E-state index is 10.6. The molecule has 3 aromatic rings. The SMILES string of the molecule is CCC(O)c1c(-c2ccc(C(C)C)cc2)nc2cccc(C)n12. The third kappa shape index (κ3) is 2.77. The topological polar surface area (TPSA) is 37.5 Å². The molecule has 0 spiro atoms. The zero-order valence-electron chi connectivity index (χ0n) is 14.2. The maximum atomic E-state index is 10.6. The summed E-state index contributed by atoms with van der Waals surface area (Å²) in [4.78, 5) is 4.79. The van der Waals surface area contributed by atoms with Crippen LogP contribution in [0.2, 0.25) is 0 Å². The number of nitrogens with zero attached hydrogens (tertiary/aromatic N) is 2. The van der Waals surface area contributed by atoms with E-state index in [1.54, 1.807) is 0 Å². The summed E-state index contributed by atoms with van der Waals surface area (Å²) >= 11 is 0. The molecule has 3 rings (SSSR count). The third-order valence-corrected chi connectivity index (χ3v) is 4.43. The van der Waals surface area contributed by atoms with E-state index in [-0.39, 0.29) is 0 Å². The molecule has 0 radical (unpaired) electrons. The van der Waals surface area contributed by atoms with Crippen molar-refractivity contribution < 1.29 is 5.11 Å². The fourth-order valence-electron chi connectivity index (χ4n) is 3.02. The van der Waals surface area contributed by atoms with Crippen LogP contribution in [0.3, 0.4) is 0 Å². The standard InChI is InChI=1S/C20H24N2O/c1-5-17(23)20-19(16-11-9-15(10-12-16)13(2)3)21-18-8-6-7-14(4)22(18)20/h6-13,17,23H,5H2,1-4H3. The smallest absolute Gasteiger partial charge is 0.137 e. The molecule has 3 nitrogen and oxygen atoms in total. The molecule has 23 heavy (non-hydrogen) atoms. The summed E-state index contributed by atoms with van der Waals surface area (Å²) < 4.78 is 2.07. The van der Waals surface area contributed by atoms with Gasteiger partial charge < -0.3 is 5.11 Å². The van der Waals surface area contributed by atoms with Gasteiger partial charge in [0.25, 0.3) is 0 Å². The van der Waals surface area contributed by atoms with Gasteiger partial charge in [0.05, 0.1) is 17.5 Å². The molecule has 0 amide bonds. The Labute approximate surface area is 137 Å². The van der Waals surface area contributed by atoms with Crippen LogP contribution < -0.4 is 0 Å². The summed E-state index contributed by atoms with van der Waals surface area (Å²) in [7, 11) is 0. The van der Waals surface area contributed by atoms with Crippen LogP contribution in [0.5, 0.6) is 0 Å². The molecule has 1 atom stereocenters. The number of pyridine rings is 1. The van der Waals surface area contributed by atoms with Gasteiger partial charge in [-0.15, -0.1) is 0 Å². The normalized spacial score (nSPS) is 13.0. The molecule has 0 aliphatic heterocycles. The van der Waals surface area contributed by atoms with E-state index >= 15 is 0 Å². The number of hydrogen-bond acceptors (Lipinski definition) is 2. The van der Waals surface area contributed by atoms with Gasteiger partial charge in [-0.3, -0.25) is 4.40 Å². The highest BCUT2D eigenvalue weighted by Crippen LogP contribution is 2.32. The second-order valence-electron chi connectivity index (χ2n) is 6.41. The summed E-state index contributed by atoms with van der Waals surface area (Å²) in [6.45, 7) is 8.42. The number of aryl methyl sites for hydroxylation is 1. The van der Waals surface area contributed by atoms with Gasteiger partial charge in [0, 0.05) is 11.3 Å². The third-order valence-electron chi connectivity index (χ3n) is 4.43. The summed E-state index contributed by atoms with van der Waals surface area (Å²) in [5, 5.41) is 10.6. The molecule has 1 aromatic carbocycles. The first-order valence-electron chi connectivity index (χ1n) is 8.29. The minimum atomic E-state index is -0.522. The van der Waals surface area contributed by atoms with Gasteiger partial charge in [0.15, 0.2) is 0 Å². The highest BCUT2D eigenvalue weighted by Gasteiger charge is 2.20. The number of aliphatic hydroxyl groups excluding tert-OH is 1. The molecule has 3 heteroatoms. The van der Waals surface area contributed by atoms with Crippen molar-refractivity contribution in [2.24, 2.45) is 0 Å². The van der Waals surface area contributed by atoms with Crippen LogP contribution in [-0.2, 0) is 0 Å². The van der Waals surface area contributed by atoms with E-state index in [4.69, 9.17) is 4.98 Å². The predicted molar refractivity (Wildman–Crippen MR) is 94.7 cm³/mol. The molecule has 120 valence electrons. The highest BCUT2D eigenvalue weighted by atomic mass is 16.3. The molecule has 0 bridgehead atoms. The molecule has 0 fully saturated rings. The van der Waals surface area contributed by atoms with Gasteiger partial charge in [-0.05, 0) is 37.0 Å². The Morgan fingerprint density at radius 2 is 1.78 bits per heavy atom. The molecule has 0 saturated carbocycles. The van der Waals surface area contributed by atoms with Crippen molar-refractivity contribution in [3.63, 3.8) is 0 Å². The number of benzene rings is 1. The highest BCUT2D eigenvalue weighted by molar-refractivity contribution is 5.67. The fourth-order valence-corrected chi connectivity index (χ4v) is 3.02. The number of rotatable bonds is 4. The van der Waals surface area contributed by atoms with Crippen LogP contribution in [0.1, 0.15) is 56.2 Å². The van der Waals surface area contributed by atoms with Crippen molar-refractivity contribution in [1.82, 2.24) is 9.38 Å². The monoisotopic (exact) mass is 308 g/mol. The molecule has 0 aliphatic rings. The Hall–Kier alpha value is -2.13. The van der Waals surface area contributed by atoms with Crippen LogP contribution >= 0.6 is 0 Å². The van der Waals surface area contributed by atoms with Gasteiger partial charge in [0.2, 0.25) is 0 Å². The van der Waals surface area contributed by atoms with Gasteiger partial charge in [-0.25, -0.2) is 4.98 Å². The van der Waals surface area contributed by atoms with Crippen LogP contribution in [0.4, 0.5) is 0 Å². The zero-order valence-corrected chi connectivity index (χ0v) is 14.2. The van der Waals surface area contributed by atoms with E-state index in [2.05, 4.69) is 42.5 Å². The van der Waals surface area contributed by atoms with Gasteiger partial charge in [0.1, 0.15) is 5.65 Å². The molecule has 0 saturated heterocycles. The summed E-state index contributed by atoms with van der Waals surface area (Å²) in [5.74, 6) is 0.507. The largest absolute Gasteiger partial charge is 0.387 e. The van der Waals surface area contributed by atoms with Gasteiger partial charge in [-0.2, -0.15) is 0 Å². The molecular formula is C20H24N2O. The van der Waals surface area contributed by atoms with Gasteiger partial charge >= 0.3 is 0 Å². The number of hydrogen-bond donors (Lipinski definition) is 1. The van der Waals surface area contributed by atoms with E-state index in [9.17, 15) is 5.11 Å². The summed E-state index contributed by atoms with van der Waals surface area (Å²) in [6, 6.07) is 14.6. The Morgan fingerprint density at radius 1 is 1.09 bits per heavy atom. The summed E-state index contributed by atoms with van der Waals surface area (Å²) in [5.41, 5.74) is 6.10. The van der Waals surface area contributed by atoms with Crippen LogP contribution in [0.15, 0.2) is 42.5 Å². The number of aromatic nitrogens is 2. The Balaban J connectivity index is 2.22. The van der Waals surface area contributed by atoms with Crippen molar-refractivity contribution in [2.45, 2.75) is 46.1 Å². The van der Waals surface area contributed by atoms with E-state index in [0.717, 1.165) is 28.3 Å². The van der Waals surface area contributed by atoms with Crippen LogP contribution in [-0.4, -0.2) is 14.5 Å². The molecule has 2 heterocycles. The van der Waals surface area contributed by atoms with E-state index in [1.165, 1.54) is 5.56 Å². The van der Waals surface area contributed by atoms with Crippen molar-refractivity contribution in [3.05, 3.63) is 59.4 Å². The fraction of sp³-hybridized carbons (Fsp3) is 0.350. The lowest BCUT2D eigenvalue weighted by molar-refractivity contribution is 0.168. The first kappa shape index (κ1) is 15.8. The average molecular weight is 308 g/mol. The molecule has 1 N–H and O–H groups in total. The van der Waals surface area contributed by atoms with E-state index in [1.807, 2.05) is 32.0 Å². The van der Waals surface area contributed by atoms with Crippen molar-refractivity contribution in [2.75, 3.05) is 0 Å². The second-order valence-corrected chi connectivity index (χ2v) is 6.41. The Morgan fingerprint density at radius 3 is 2.39 bits per heavy atom. The van der Waals surface area contributed by atoms with E-state index in [0.29, 0.717) is 12.3 Å². The van der Waals surface area contributed by atoms with Gasteiger partial charge in [-0.1, -0.05) is 51.1 Å². The molecule has 2 aromatic heterocycles. The lowest BCUT2D eigenvalue weighted by Crippen LogP contribution is -2.04. The van der Waals surface area contributed by atoms with E-state index < -0.39 is 6.10 Å². The van der Waals surface area contributed by atoms with Crippen LogP contribution in [0, 0.1) is 6.92 Å². The number of fused-ring (bicyclic) bond motifs is 1. The lowest BCUT2D eigenvalue weighted by atomic mass is 9.99. The molecule has 1 unspecified atom stereocenters. The second kappa shape index (κ2) is 6.17. The quantitative estimate of drug-likeness (QED) is 0.746.